The first kappa shape index (κ1) is 13.8. The van der Waals surface area contributed by atoms with Crippen LogP contribution < -0.4 is 10.6 Å². The Labute approximate surface area is 122 Å². The van der Waals surface area contributed by atoms with E-state index in [1.54, 1.807) is 24.5 Å². The largest absolute Gasteiger partial charge is 0.381 e. The fourth-order valence-electron chi connectivity index (χ4n) is 2.82. The summed E-state index contributed by atoms with van der Waals surface area (Å²) < 4.78 is 0. The lowest BCUT2D eigenvalue weighted by molar-refractivity contribution is -0.383. The highest BCUT2D eigenvalue weighted by molar-refractivity contribution is 5.99. The van der Waals surface area contributed by atoms with Crippen molar-refractivity contribution in [3.63, 3.8) is 0 Å². The van der Waals surface area contributed by atoms with Crippen LogP contribution in [0, 0.1) is 10.1 Å². The molecule has 1 atom stereocenters. The predicted molar refractivity (Wildman–Crippen MR) is 82.5 cm³/mol. The second-order valence-electron chi connectivity index (χ2n) is 5.35. The van der Waals surface area contributed by atoms with Crippen molar-refractivity contribution < 1.29 is 4.92 Å². The number of anilines is 1. The molecule has 2 aromatic rings. The third kappa shape index (κ3) is 2.95. The number of non-ortho nitro benzene ring substituents is 1. The Morgan fingerprint density at radius 2 is 2.19 bits per heavy atom. The summed E-state index contributed by atoms with van der Waals surface area (Å²) in [6, 6.07) is 5.53. The molecule has 1 saturated heterocycles. The summed E-state index contributed by atoms with van der Waals surface area (Å²) in [6.45, 7) is 1.98. The van der Waals surface area contributed by atoms with Crippen molar-refractivity contribution in [1.82, 2.24) is 10.3 Å². The summed E-state index contributed by atoms with van der Waals surface area (Å²) in [5.74, 6) is 0. The number of hydrogen-bond donors (Lipinski definition) is 2. The number of nitro benzene ring substituents is 1. The topological polar surface area (TPSA) is 80.1 Å². The maximum atomic E-state index is 11.1. The summed E-state index contributed by atoms with van der Waals surface area (Å²) >= 11 is 0. The van der Waals surface area contributed by atoms with Gasteiger partial charge in [-0.05, 0) is 31.5 Å². The van der Waals surface area contributed by atoms with Gasteiger partial charge >= 0.3 is 0 Å². The Hall–Kier alpha value is -2.21. The molecule has 1 aromatic carbocycles. The lowest BCUT2D eigenvalue weighted by Gasteiger charge is -2.19. The van der Waals surface area contributed by atoms with Crippen molar-refractivity contribution in [3.8, 4) is 0 Å². The van der Waals surface area contributed by atoms with Gasteiger partial charge in [-0.25, -0.2) is 0 Å². The Morgan fingerprint density at radius 1 is 1.29 bits per heavy atom. The molecule has 2 heterocycles. The molecule has 0 amide bonds. The van der Waals surface area contributed by atoms with Crippen LogP contribution in [0.15, 0.2) is 30.6 Å². The number of rotatable bonds is 3. The van der Waals surface area contributed by atoms with E-state index in [4.69, 9.17) is 0 Å². The van der Waals surface area contributed by atoms with E-state index in [1.807, 2.05) is 6.07 Å². The van der Waals surface area contributed by atoms with Crippen LogP contribution in [0.2, 0.25) is 0 Å². The minimum Gasteiger partial charge on any atom is -0.381 e. The molecule has 0 radical (unpaired) electrons. The van der Waals surface area contributed by atoms with Crippen LogP contribution in [0.5, 0.6) is 0 Å². The molecule has 21 heavy (non-hydrogen) atoms. The van der Waals surface area contributed by atoms with Crippen molar-refractivity contribution in [2.45, 2.75) is 25.3 Å². The summed E-state index contributed by atoms with van der Waals surface area (Å²) in [6.07, 6.45) is 6.73. The van der Waals surface area contributed by atoms with Gasteiger partial charge in [-0.3, -0.25) is 15.1 Å². The van der Waals surface area contributed by atoms with E-state index < -0.39 is 0 Å². The Balaban J connectivity index is 1.95. The standard InChI is InChI=1S/C15H18N4O2/c20-19(21)15-5-4-14(12-6-8-17-10-13(12)15)18-11-3-1-2-7-16-9-11/h4-6,8,10-11,16,18H,1-3,7,9H2. The molecule has 1 aliphatic heterocycles. The van der Waals surface area contributed by atoms with Gasteiger partial charge in [0.2, 0.25) is 0 Å². The van der Waals surface area contributed by atoms with Gasteiger partial charge in [0, 0.05) is 42.1 Å². The SMILES string of the molecule is O=[N+]([O-])c1ccc(NC2CCCCNC2)c2ccncc12. The Kier molecular flexibility index (Phi) is 3.96. The number of benzene rings is 1. The van der Waals surface area contributed by atoms with Crippen molar-refractivity contribution >= 4 is 22.1 Å². The van der Waals surface area contributed by atoms with Crippen molar-refractivity contribution in [1.29, 1.82) is 0 Å². The maximum absolute atomic E-state index is 11.1. The number of hydrogen-bond acceptors (Lipinski definition) is 5. The number of pyridine rings is 1. The third-order valence-electron chi connectivity index (χ3n) is 3.90. The lowest BCUT2D eigenvalue weighted by Crippen LogP contribution is -2.30. The third-order valence-corrected chi connectivity index (χ3v) is 3.90. The van der Waals surface area contributed by atoms with E-state index in [2.05, 4.69) is 15.6 Å². The smallest absolute Gasteiger partial charge is 0.278 e. The molecule has 0 saturated carbocycles. The highest BCUT2D eigenvalue weighted by Gasteiger charge is 2.17. The minimum atomic E-state index is -0.360. The molecular formula is C15H18N4O2. The Bertz CT molecular complexity index is 651. The van der Waals surface area contributed by atoms with Crippen LogP contribution in [0.3, 0.4) is 0 Å². The molecular weight excluding hydrogens is 268 g/mol. The van der Waals surface area contributed by atoms with Gasteiger partial charge in [0.05, 0.1) is 10.3 Å². The second kappa shape index (κ2) is 6.05. The number of nitrogens with zero attached hydrogens (tertiary/aromatic N) is 2. The van der Waals surface area contributed by atoms with Crippen molar-refractivity contribution in [2.24, 2.45) is 0 Å². The highest BCUT2D eigenvalue weighted by atomic mass is 16.6. The van der Waals surface area contributed by atoms with Gasteiger partial charge in [0.1, 0.15) is 0 Å². The lowest BCUT2D eigenvalue weighted by atomic mass is 10.1. The van der Waals surface area contributed by atoms with Gasteiger partial charge < -0.3 is 10.6 Å². The first-order valence-electron chi connectivity index (χ1n) is 7.24. The van der Waals surface area contributed by atoms with Crippen LogP contribution >= 0.6 is 0 Å². The fourth-order valence-corrected chi connectivity index (χ4v) is 2.82. The molecule has 1 fully saturated rings. The summed E-state index contributed by atoms with van der Waals surface area (Å²) in [7, 11) is 0. The van der Waals surface area contributed by atoms with Crippen LogP contribution in [0.1, 0.15) is 19.3 Å². The van der Waals surface area contributed by atoms with Crippen LogP contribution in [-0.2, 0) is 0 Å². The van der Waals surface area contributed by atoms with E-state index in [0.717, 1.165) is 30.6 Å². The predicted octanol–water partition coefficient (Wildman–Crippen LogP) is 2.70. The first-order chi connectivity index (χ1) is 10.3. The average Bonchev–Trinajstić information content (AvgIpc) is 2.76. The molecule has 6 heteroatoms. The second-order valence-corrected chi connectivity index (χ2v) is 5.35. The highest BCUT2D eigenvalue weighted by Crippen LogP contribution is 2.31. The summed E-state index contributed by atoms with van der Waals surface area (Å²) in [5.41, 5.74) is 1.04. The van der Waals surface area contributed by atoms with E-state index >= 15 is 0 Å². The average molecular weight is 286 g/mol. The van der Waals surface area contributed by atoms with E-state index in [-0.39, 0.29) is 10.6 Å². The number of aromatic nitrogens is 1. The zero-order chi connectivity index (χ0) is 14.7. The van der Waals surface area contributed by atoms with Crippen molar-refractivity contribution in [2.75, 3.05) is 18.4 Å². The van der Waals surface area contributed by atoms with Gasteiger partial charge in [-0.2, -0.15) is 0 Å². The molecule has 0 aliphatic carbocycles. The molecule has 6 nitrogen and oxygen atoms in total. The maximum Gasteiger partial charge on any atom is 0.278 e. The van der Waals surface area contributed by atoms with Gasteiger partial charge in [-0.1, -0.05) is 6.42 Å². The zero-order valence-electron chi connectivity index (χ0n) is 11.7. The molecule has 1 aromatic heterocycles. The van der Waals surface area contributed by atoms with E-state index in [1.165, 1.54) is 12.8 Å². The molecule has 1 aliphatic rings. The summed E-state index contributed by atoms with van der Waals surface area (Å²) in [5, 5.41) is 19.5. The van der Waals surface area contributed by atoms with Crippen LogP contribution in [0.25, 0.3) is 10.8 Å². The Morgan fingerprint density at radius 3 is 3.05 bits per heavy atom. The first-order valence-corrected chi connectivity index (χ1v) is 7.24. The fraction of sp³-hybridized carbons (Fsp3) is 0.400. The quantitative estimate of drug-likeness (QED) is 0.670. The zero-order valence-corrected chi connectivity index (χ0v) is 11.7. The van der Waals surface area contributed by atoms with Gasteiger partial charge in [0.25, 0.3) is 5.69 Å². The van der Waals surface area contributed by atoms with Crippen LogP contribution in [0.4, 0.5) is 11.4 Å². The monoisotopic (exact) mass is 286 g/mol. The molecule has 0 spiro atoms. The van der Waals surface area contributed by atoms with E-state index in [0.29, 0.717) is 11.4 Å². The number of nitrogens with one attached hydrogen (secondary N) is 2. The normalized spacial score (nSPS) is 19.1. The molecule has 2 N–H and O–H groups in total. The number of nitro groups is 1. The van der Waals surface area contributed by atoms with E-state index in [9.17, 15) is 10.1 Å². The van der Waals surface area contributed by atoms with Gasteiger partial charge in [-0.15, -0.1) is 0 Å². The van der Waals surface area contributed by atoms with Gasteiger partial charge in [0.15, 0.2) is 0 Å². The van der Waals surface area contributed by atoms with Crippen LogP contribution in [-0.4, -0.2) is 29.0 Å². The minimum absolute atomic E-state index is 0.0997. The van der Waals surface area contributed by atoms with Crippen molar-refractivity contribution in [3.05, 3.63) is 40.7 Å². The summed E-state index contributed by atoms with van der Waals surface area (Å²) in [4.78, 5) is 14.8. The molecule has 1 unspecified atom stereocenters. The number of fused-ring (bicyclic) bond motifs is 1. The molecule has 0 bridgehead atoms. The molecule has 110 valence electrons. The molecule has 3 rings (SSSR count).